The quantitative estimate of drug-likeness (QED) is 0.805. The fourth-order valence-corrected chi connectivity index (χ4v) is 3.60. The zero-order valence-corrected chi connectivity index (χ0v) is 16.9. The number of hydrogen-bond acceptors (Lipinski definition) is 6. The number of nitrogens with one attached hydrogen (secondary N) is 1. The smallest absolute Gasteiger partial charge is 0.261 e. The van der Waals surface area contributed by atoms with E-state index in [2.05, 4.69) is 24.1 Å². The highest BCUT2D eigenvalue weighted by Crippen LogP contribution is 2.29. The normalized spacial score (nSPS) is 19.6. The first kappa shape index (κ1) is 20.1. The van der Waals surface area contributed by atoms with Crippen molar-refractivity contribution in [3.8, 4) is 11.5 Å². The van der Waals surface area contributed by atoms with E-state index in [9.17, 15) is 9.59 Å². The highest BCUT2D eigenvalue weighted by molar-refractivity contribution is 5.81. The van der Waals surface area contributed by atoms with Gasteiger partial charge >= 0.3 is 0 Å². The Bertz CT molecular complexity index is 911. The molecule has 2 aromatic rings. The predicted molar refractivity (Wildman–Crippen MR) is 107 cm³/mol. The van der Waals surface area contributed by atoms with E-state index in [0.717, 1.165) is 13.1 Å². The highest BCUT2D eigenvalue weighted by atomic mass is 16.5. The number of amides is 1. The lowest BCUT2D eigenvalue weighted by Crippen LogP contribution is -2.57. The third-order valence-electron chi connectivity index (χ3n) is 5.47. The van der Waals surface area contributed by atoms with Crippen molar-refractivity contribution in [1.29, 1.82) is 0 Å². The minimum Gasteiger partial charge on any atom is -0.493 e. The van der Waals surface area contributed by atoms with Crippen LogP contribution in [0, 0.1) is 0 Å². The summed E-state index contributed by atoms with van der Waals surface area (Å²) in [6.45, 7) is 6.14. The predicted octanol–water partition coefficient (Wildman–Crippen LogP) is 1.40. The van der Waals surface area contributed by atoms with Gasteiger partial charge in [-0.2, -0.15) is 0 Å². The molecule has 1 N–H and O–H groups in total. The number of methoxy groups -OCH3 is 2. The minimum absolute atomic E-state index is 0.133. The number of aryl methyl sites for hydroxylation is 1. The van der Waals surface area contributed by atoms with Gasteiger partial charge in [-0.25, -0.2) is 4.98 Å². The molecule has 8 nitrogen and oxygen atoms in total. The number of aromatic nitrogens is 2. The van der Waals surface area contributed by atoms with Crippen molar-refractivity contribution < 1.29 is 14.3 Å². The van der Waals surface area contributed by atoms with Crippen LogP contribution < -0.4 is 20.3 Å². The molecule has 0 radical (unpaired) electrons. The zero-order chi connectivity index (χ0) is 20.3. The number of ether oxygens (including phenoxy) is 2. The molecule has 1 aromatic heterocycles. The van der Waals surface area contributed by atoms with E-state index in [1.807, 2.05) is 4.90 Å². The molecular weight excluding hydrogens is 360 g/mol. The molecule has 1 aromatic carbocycles. The molecule has 0 aliphatic carbocycles. The number of carbonyl (C=O) groups is 1. The van der Waals surface area contributed by atoms with Crippen LogP contribution in [0.15, 0.2) is 23.3 Å². The van der Waals surface area contributed by atoms with Crippen LogP contribution >= 0.6 is 0 Å². The summed E-state index contributed by atoms with van der Waals surface area (Å²) in [5.41, 5.74) is 0.404. The first-order chi connectivity index (χ1) is 13.5. The number of carbonyl (C=O) groups excluding carboxylic acids is 1. The van der Waals surface area contributed by atoms with Crippen molar-refractivity contribution in [2.45, 2.75) is 45.3 Å². The Labute approximate surface area is 164 Å². The van der Waals surface area contributed by atoms with E-state index in [0.29, 0.717) is 41.8 Å². The van der Waals surface area contributed by atoms with Crippen molar-refractivity contribution in [3.63, 3.8) is 0 Å². The first-order valence-electron chi connectivity index (χ1n) is 9.60. The maximum atomic E-state index is 12.8. The van der Waals surface area contributed by atoms with Crippen molar-refractivity contribution in [2.24, 2.45) is 0 Å². The molecule has 1 aliphatic heterocycles. The largest absolute Gasteiger partial charge is 0.493 e. The Morgan fingerprint density at radius 1 is 1.25 bits per heavy atom. The summed E-state index contributed by atoms with van der Waals surface area (Å²) in [5, 5.41) is 3.84. The zero-order valence-electron chi connectivity index (χ0n) is 16.9. The van der Waals surface area contributed by atoms with Crippen LogP contribution in [0.2, 0.25) is 0 Å². The van der Waals surface area contributed by atoms with E-state index in [1.165, 1.54) is 13.4 Å². The minimum atomic E-state index is -0.150. The second-order valence-corrected chi connectivity index (χ2v) is 7.14. The summed E-state index contributed by atoms with van der Waals surface area (Å²) in [4.78, 5) is 31.6. The van der Waals surface area contributed by atoms with Crippen LogP contribution in [0.4, 0.5) is 0 Å². The second-order valence-electron chi connectivity index (χ2n) is 7.14. The SMILES string of the molecule is COc1cc2ncn(CCCC(=O)N3CCNC(C)C3C)c(=O)c2cc1OC. The Hall–Kier alpha value is -2.61. The molecular formula is C20H28N4O4. The van der Waals surface area contributed by atoms with Crippen molar-refractivity contribution >= 4 is 16.8 Å². The Kier molecular flexibility index (Phi) is 6.18. The summed E-state index contributed by atoms with van der Waals surface area (Å²) in [6, 6.07) is 3.80. The average molecular weight is 388 g/mol. The molecule has 0 saturated carbocycles. The number of nitrogens with zero attached hydrogens (tertiary/aromatic N) is 3. The fraction of sp³-hybridized carbons (Fsp3) is 0.550. The van der Waals surface area contributed by atoms with Gasteiger partial charge in [-0.15, -0.1) is 0 Å². The molecule has 152 valence electrons. The molecule has 2 atom stereocenters. The molecule has 28 heavy (non-hydrogen) atoms. The molecule has 0 spiro atoms. The van der Waals surface area contributed by atoms with Gasteiger partial charge in [-0.1, -0.05) is 0 Å². The van der Waals surface area contributed by atoms with Gasteiger partial charge in [0.1, 0.15) is 0 Å². The van der Waals surface area contributed by atoms with Crippen molar-refractivity contribution in [1.82, 2.24) is 19.8 Å². The molecule has 2 unspecified atom stereocenters. The second kappa shape index (κ2) is 8.60. The standard InChI is InChI=1S/C20H28N4O4/c1-13-14(2)24(9-7-21-13)19(25)6-5-8-23-12-22-16-11-18(28-4)17(27-3)10-15(16)20(23)26/h10-14,21H,5-9H2,1-4H3. The van der Waals surface area contributed by atoms with Crippen LogP contribution in [0.25, 0.3) is 10.9 Å². The maximum Gasteiger partial charge on any atom is 0.261 e. The van der Waals surface area contributed by atoms with Crippen molar-refractivity contribution in [2.75, 3.05) is 27.3 Å². The van der Waals surface area contributed by atoms with E-state index in [4.69, 9.17) is 9.47 Å². The Morgan fingerprint density at radius 3 is 2.68 bits per heavy atom. The first-order valence-corrected chi connectivity index (χ1v) is 9.60. The lowest BCUT2D eigenvalue weighted by Gasteiger charge is -2.38. The van der Waals surface area contributed by atoms with Gasteiger partial charge in [-0.05, 0) is 26.3 Å². The average Bonchev–Trinajstić information content (AvgIpc) is 2.70. The third kappa shape index (κ3) is 3.96. The van der Waals surface area contributed by atoms with E-state index >= 15 is 0 Å². The third-order valence-corrected chi connectivity index (χ3v) is 5.47. The summed E-state index contributed by atoms with van der Waals surface area (Å²) in [6.07, 6.45) is 2.52. The number of piperazine rings is 1. The lowest BCUT2D eigenvalue weighted by molar-refractivity contribution is -0.135. The van der Waals surface area contributed by atoms with Crippen LogP contribution in [0.5, 0.6) is 11.5 Å². The number of rotatable bonds is 6. The molecule has 8 heteroatoms. The van der Waals surface area contributed by atoms with E-state index < -0.39 is 0 Å². The van der Waals surface area contributed by atoms with Crippen LogP contribution in [0.3, 0.4) is 0 Å². The summed E-state index contributed by atoms with van der Waals surface area (Å²) < 4.78 is 12.1. The maximum absolute atomic E-state index is 12.8. The fourth-order valence-electron chi connectivity index (χ4n) is 3.60. The number of hydrogen-bond donors (Lipinski definition) is 1. The molecule has 0 bridgehead atoms. The van der Waals surface area contributed by atoms with Crippen LogP contribution in [-0.4, -0.2) is 59.8 Å². The molecule has 1 fully saturated rings. The van der Waals surface area contributed by atoms with E-state index in [-0.39, 0.29) is 23.6 Å². The van der Waals surface area contributed by atoms with Gasteiger partial charge in [0.15, 0.2) is 11.5 Å². The van der Waals surface area contributed by atoms with E-state index in [1.54, 1.807) is 23.8 Å². The molecule has 1 aliphatic rings. The number of fused-ring (bicyclic) bond motifs is 1. The van der Waals surface area contributed by atoms with Crippen LogP contribution in [-0.2, 0) is 11.3 Å². The number of benzene rings is 1. The molecule has 2 heterocycles. The lowest BCUT2D eigenvalue weighted by atomic mass is 10.1. The Balaban J connectivity index is 1.70. The Morgan fingerprint density at radius 2 is 1.96 bits per heavy atom. The van der Waals surface area contributed by atoms with Gasteiger partial charge in [0.25, 0.3) is 5.56 Å². The van der Waals surface area contributed by atoms with Gasteiger partial charge in [0, 0.05) is 44.2 Å². The highest BCUT2D eigenvalue weighted by Gasteiger charge is 2.27. The van der Waals surface area contributed by atoms with Gasteiger partial charge < -0.3 is 19.7 Å². The molecule has 1 amide bonds. The van der Waals surface area contributed by atoms with Gasteiger partial charge in [0.2, 0.25) is 5.91 Å². The summed E-state index contributed by atoms with van der Waals surface area (Å²) in [5.74, 6) is 1.15. The molecule has 1 saturated heterocycles. The van der Waals surface area contributed by atoms with Gasteiger partial charge in [-0.3, -0.25) is 14.2 Å². The van der Waals surface area contributed by atoms with Crippen LogP contribution in [0.1, 0.15) is 26.7 Å². The summed E-state index contributed by atoms with van der Waals surface area (Å²) >= 11 is 0. The topological polar surface area (TPSA) is 85.7 Å². The molecule has 3 rings (SSSR count). The summed E-state index contributed by atoms with van der Waals surface area (Å²) in [7, 11) is 3.07. The van der Waals surface area contributed by atoms with Gasteiger partial charge in [0.05, 0.1) is 31.4 Å². The van der Waals surface area contributed by atoms with Crippen molar-refractivity contribution in [3.05, 3.63) is 28.8 Å². The monoisotopic (exact) mass is 388 g/mol.